The quantitative estimate of drug-likeness (QED) is 0.670. The van der Waals surface area contributed by atoms with Gasteiger partial charge in [0, 0.05) is 36.1 Å². The molecule has 0 saturated carbocycles. The number of nitrogens with one attached hydrogen (secondary N) is 2. The highest BCUT2D eigenvalue weighted by Crippen LogP contribution is 2.26. The van der Waals surface area contributed by atoms with Crippen LogP contribution >= 0.6 is 0 Å². The van der Waals surface area contributed by atoms with Crippen molar-refractivity contribution in [3.63, 3.8) is 0 Å². The predicted molar refractivity (Wildman–Crippen MR) is 110 cm³/mol. The van der Waals surface area contributed by atoms with Crippen LogP contribution in [0.3, 0.4) is 0 Å². The van der Waals surface area contributed by atoms with Crippen LogP contribution in [0.1, 0.15) is 28.2 Å². The van der Waals surface area contributed by atoms with Crippen molar-refractivity contribution in [3.05, 3.63) is 65.1 Å². The van der Waals surface area contributed by atoms with Gasteiger partial charge in [0.1, 0.15) is 5.69 Å². The van der Waals surface area contributed by atoms with E-state index in [1.54, 1.807) is 17.2 Å². The molecule has 1 fully saturated rings. The van der Waals surface area contributed by atoms with Crippen LogP contribution < -0.4 is 5.32 Å². The van der Waals surface area contributed by atoms with Crippen molar-refractivity contribution in [3.8, 4) is 11.3 Å². The van der Waals surface area contributed by atoms with Gasteiger partial charge in [-0.2, -0.15) is 10.2 Å². The van der Waals surface area contributed by atoms with Crippen molar-refractivity contribution < 1.29 is 18.4 Å². The Hall–Kier alpha value is -3.62. The third kappa shape index (κ3) is 4.16. The zero-order valence-corrected chi connectivity index (χ0v) is 17.1. The maximum absolute atomic E-state index is 13.3. The fraction of sp³-hybridized carbons (Fsp3) is 0.273. The molecule has 2 amide bonds. The first kappa shape index (κ1) is 20.6. The van der Waals surface area contributed by atoms with Gasteiger partial charge in [-0.1, -0.05) is 0 Å². The highest BCUT2D eigenvalue weighted by Gasteiger charge is 2.32. The summed E-state index contributed by atoms with van der Waals surface area (Å²) in [6, 6.07) is 6.73. The maximum Gasteiger partial charge on any atom is 0.270 e. The van der Waals surface area contributed by atoms with Crippen LogP contribution in [0.25, 0.3) is 11.3 Å². The van der Waals surface area contributed by atoms with Gasteiger partial charge < -0.3 is 15.2 Å². The minimum Gasteiger partial charge on any atom is -0.350 e. The van der Waals surface area contributed by atoms with Crippen molar-refractivity contribution >= 4 is 17.5 Å². The van der Waals surface area contributed by atoms with E-state index in [1.165, 1.54) is 6.07 Å². The van der Waals surface area contributed by atoms with Gasteiger partial charge in [0.05, 0.1) is 17.8 Å². The highest BCUT2D eigenvalue weighted by molar-refractivity contribution is 5.96. The van der Waals surface area contributed by atoms with Gasteiger partial charge in [0.15, 0.2) is 11.6 Å². The molecule has 0 unspecified atom stereocenters. The molecule has 1 aliphatic heterocycles. The van der Waals surface area contributed by atoms with E-state index < -0.39 is 17.6 Å². The second-order valence-electron chi connectivity index (χ2n) is 7.63. The van der Waals surface area contributed by atoms with Gasteiger partial charge in [-0.25, -0.2) is 8.78 Å². The number of hydrogen-bond acceptors (Lipinski definition) is 4. The Balaban J connectivity index is 1.42. The molecule has 2 N–H and O–H groups in total. The predicted octanol–water partition coefficient (Wildman–Crippen LogP) is 3.47. The van der Waals surface area contributed by atoms with E-state index in [1.807, 2.05) is 19.9 Å². The number of benzene rings is 1. The molecule has 0 bridgehead atoms. The van der Waals surface area contributed by atoms with Gasteiger partial charge in [-0.3, -0.25) is 9.59 Å². The van der Waals surface area contributed by atoms with Crippen LogP contribution in [-0.2, 0) is 4.79 Å². The molecule has 1 aromatic carbocycles. The molecule has 1 aliphatic rings. The summed E-state index contributed by atoms with van der Waals surface area (Å²) in [5.41, 5.74) is 3.99. The standard InChI is InChI=1S/C22H21F2N5O2/c1-12-10-25-28-13(2)20(12)18-5-6-19(27-18)22(31)29-8-7-14(11-29)21(30)26-15-3-4-16(23)17(24)9-15/h3-6,9-10,14,27H,7-8,11H2,1-2H3,(H,26,30)/t14-/m0/s1. The number of halogens is 2. The molecule has 31 heavy (non-hydrogen) atoms. The third-order valence-electron chi connectivity index (χ3n) is 5.43. The highest BCUT2D eigenvalue weighted by atomic mass is 19.2. The molecule has 1 atom stereocenters. The smallest absolute Gasteiger partial charge is 0.270 e. The minimum atomic E-state index is -1.03. The van der Waals surface area contributed by atoms with E-state index in [-0.39, 0.29) is 24.0 Å². The molecular weight excluding hydrogens is 404 g/mol. The number of anilines is 1. The van der Waals surface area contributed by atoms with Crippen LogP contribution in [-0.4, -0.2) is 45.0 Å². The summed E-state index contributed by atoms with van der Waals surface area (Å²) in [6.45, 7) is 4.46. The average Bonchev–Trinajstić information content (AvgIpc) is 3.40. The fourth-order valence-corrected chi connectivity index (χ4v) is 3.82. The van der Waals surface area contributed by atoms with Crippen molar-refractivity contribution in [2.75, 3.05) is 18.4 Å². The monoisotopic (exact) mass is 425 g/mol. The fourth-order valence-electron chi connectivity index (χ4n) is 3.82. The number of carbonyl (C=O) groups excluding carboxylic acids is 2. The Morgan fingerprint density at radius 1 is 1.16 bits per heavy atom. The maximum atomic E-state index is 13.3. The summed E-state index contributed by atoms with van der Waals surface area (Å²) in [5, 5.41) is 10.6. The van der Waals surface area contributed by atoms with E-state index in [2.05, 4.69) is 20.5 Å². The number of carbonyl (C=O) groups is 2. The van der Waals surface area contributed by atoms with E-state index in [0.717, 1.165) is 34.6 Å². The van der Waals surface area contributed by atoms with Crippen molar-refractivity contribution in [1.82, 2.24) is 20.1 Å². The number of nitrogens with zero attached hydrogens (tertiary/aromatic N) is 3. The first-order valence-corrected chi connectivity index (χ1v) is 9.87. The first-order chi connectivity index (χ1) is 14.8. The Morgan fingerprint density at radius 2 is 1.97 bits per heavy atom. The van der Waals surface area contributed by atoms with E-state index >= 15 is 0 Å². The molecule has 160 valence electrons. The van der Waals surface area contributed by atoms with Gasteiger partial charge >= 0.3 is 0 Å². The lowest BCUT2D eigenvalue weighted by atomic mass is 10.1. The van der Waals surface area contributed by atoms with Crippen molar-refractivity contribution in [1.29, 1.82) is 0 Å². The van der Waals surface area contributed by atoms with Gasteiger partial charge in [-0.15, -0.1) is 0 Å². The van der Waals surface area contributed by atoms with Crippen molar-refractivity contribution in [2.45, 2.75) is 20.3 Å². The summed E-state index contributed by atoms with van der Waals surface area (Å²) in [6.07, 6.45) is 2.16. The zero-order valence-electron chi connectivity index (χ0n) is 17.1. The second-order valence-corrected chi connectivity index (χ2v) is 7.63. The van der Waals surface area contributed by atoms with Gasteiger partial charge in [0.25, 0.3) is 5.91 Å². The normalized spacial score (nSPS) is 15.9. The lowest BCUT2D eigenvalue weighted by molar-refractivity contribution is -0.119. The molecule has 7 nitrogen and oxygen atoms in total. The number of H-pyrrole nitrogens is 1. The summed E-state index contributed by atoms with van der Waals surface area (Å²) in [5.74, 6) is -2.97. The van der Waals surface area contributed by atoms with Crippen LogP contribution in [0.2, 0.25) is 0 Å². The molecule has 0 radical (unpaired) electrons. The molecule has 3 aromatic rings. The summed E-state index contributed by atoms with van der Waals surface area (Å²) < 4.78 is 26.4. The lowest BCUT2D eigenvalue weighted by Crippen LogP contribution is -2.31. The molecule has 2 aromatic heterocycles. The van der Waals surface area contributed by atoms with E-state index in [9.17, 15) is 18.4 Å². The van der Waals surface area contributed by atoms with Crippen LogP contribution in [0.4, 0.5) is 14.5 Å². The van der Waals surface area contributed by atoms with Gasteiger partial charge in [-0.05, 0) is 50.1 Å². The zero-order chi connectivity index (χ0) is 22.1. The number of aromatic amines is 1. The van der Waals surface area contributed by atoms with E-state index in [4.69, 9.17) is 0 Å². The lowest BCUT2D eigenvalue weighted by Gasteiger charge is -2.16. The third-order valence-corrected chi connectivity index (χ3v) is 5.43. The average molecular weight is 425 g/mol. The topological polar surface area (TPSA) is 91.0 Å². The Morgan fingerprint density at radius 3 is 2.71 bits per heavy atom. The largest absolute Gasteiger partial charge is 0.350 e. The molecule has 0 spiro atoms. The molecule has 3 heterocycles. The van der Waals surface area contributed by atoms with E-state index in [0.29, 0.717) is 18.7 Å². The van der Waals surface area contributed by atoms with Crippen LogP contribution in [0.15, 0.2) is 36.5 Å². The minimum absolute atomic E-state index is 0.180. The summed E-state index contributed by atoms with van der Waals surface area (Å²) in [7, 11) is 0. The first-order valence-electron chi connectivity index (χ1n) is 9.87. The number of aryl methyl sites for hydroxylation is 2. The SMILES string of the molecule is Cc1cnnc(C)c1-c1ccc(C(=O)N2CC[C@H](C(=O)Nc3ccc(F)c(F)c3)C2)[nH]1. The van der Waals surface area contributed by atoms with Crippen molar-refractivity contribution in [2.24, 2.45) is 5.92 Å². The summed E-state index contributed by atoms with van der Waals surface area (Å²) >= 11 is 0. The Bertz CT molecular complexity index is 1140. The number of hydrogen-bond donors (Lipinski definition) is 2. The number of aromatic nitrogens is 3. The second kappa shape index (κ2) is 8.25. The number of likely N-dealkylation sites (tertiary alicyclic amines) is 1. The number of rotatable bonds is 4. The molecule has 9 heteroatoms. The molecule has 0 aliphatic carbocycles. The Kier molecular flexibility index (Phi) is 5.50. The summed E-state index contributed by atoms with van der Waals surface area (Å²) in [4.78, 5) is 30.2. The van der Waals surface area contributed by atoms with Gasteiger partial charge in [0.2, 0.25) is 5.91 Å². The Labute approximate surface area is 177 Å². The van der Waals surface area contributed by atoms with Crippen LogP contribution in [0.5, 0.6) is 0 Å². The molecule has 1 saturated heterocycles. The van der Waals surface area contributed by atoms with Crippen LogP contribution in [0, 0.1) is 31.4 Å². The number of amides is 2. The molecular formula is C22H21F2N5O2. The molecule has 4 rings (SSSR count).